The zero-order valence-corrected chi connectivity index (χ0v) is 10.2. The Hall–Kier alpha value is -1.28. The van der Waals surface area contributed by atoms with Gasteiger partial charge >= 0.3 is 17.9 Å². The number of aliphatic hydroxyl groups is 1. The maximum atomic E-state index is 11.3. The predicted octanol–water partition coefficient (Wildman–Crippen LogP) is -0.429. The summed E-state index contributed by atoms with van der Waals surface area (Å²) in [5, 5.41) is 26.5. The van der Waals surface area contributed by atoms with E-state index >= 15 is 0 Å². The van der Waals surface area contributed by atoms with Crippen LogP contribution in [0.5, 0.6) is 0 Å². The van der Waals surface area contributed by atoms with Crippen molar-refractivity contribution in [2.45, 2.75) is 25.6 Å². The van der Waals surface area contributed by atoms with Gasteiger partial charge in [0.2, 0.25) is 6.10 Å². The quantitative estimate of drug-likeness (QED) is 0.419. The Kier molecular flexibility index (Phi) is 5.97. The number of hydrogen-bond acceptors (Lipinski definition) is 6. The lowest BCUT2D eigenvalue weighted by atomic mass is 10.1. The van der Waals surface area contributed by atoms with Gasteiger partial charge in [-0.05, 0) is 12.7 Å². The van der Waals surface area contributed by atoms with E-state index in [2.05, 4.69) is 4.74 Å². The molecule has 98 valence electrons. The normalized spacial score (nSPS) is 15.7. The van der Waals surface area contributed by atoms with Crippen molar-refractivity contribution < 1.29 is 34.4 Å². The van der Waals surface area contributed by atoms with Crippen LogP contribution < -0.4 is 0 Å². The van der Waals surface area contributed by atoms with Gasteiger partial charge in [0, 0.05) is 5.75 Å². The molecule has 0 aromatic heterocycles. The fourth-order valence-corrected chi connectivity index (χ4v) is 1.37. The number of rotatable bonds is 7. The number of carboxylic acids is 2. The Bertz CT molecular complexity index is 312. The maximum absolute atomic E-state index is 11.3. The monoisotopic (exact) mass is 266 g/mol. The van der Waals surface area contributed by atoms with Crippen LogP contribution in [0.1, 0.15) is 13.8 Å². The predicted molar refractivity (Wildman–Crippen MR) is 58.8 cm³/mol. The second-order valence-corrected chi connectivity index (χ2v) is 4.59. The third-order valence-electron chi connectivity index (χ3n) is 1.81. The van der Waals surface area contributed by atoms with Gasteiger partial charge in [-0.1, -0.05) is 6.92 Å². The minimum Gasteiger partial charge on any atom is -0.479 e. The van der Waals surface area contributed by atoms with Crippen LogP contribution >= 0.6 is 11.8 Å². The number of esters is 1. The number of aliphatic carboxylic acids is 2. The van der Waals surface area contributed by atoms with Gasteiger partial charge in [0.1, 0.15) is 0 Å². The van der Waals surface area contributed by atoms with Gasteiger partial charge in [0.25, 0.3) is 5.60 Å². The fourth-order valence-electron chi connectivity index (χ4n) is 0.712. The number of carbonyl (C=O) groups is 3. The van der Waals surface area contributed by atoms with Gasteiger partial charge < -0.3 is 20.1 Å². The SMILES string of the molecule is CCSCC(OC(=O)C(C)(O)C(=O)O)C(=O)O. The molecule has 2 atom stereocenters. The molecular weight excluding hydrogens is 252 g/mol. The molecule has 0 aliphatic carbocycles. The van der Waals surface area contributed by atoms with Crippen LogP contribution in [0.2, 0.25) is 0 Å². The van der Waals surface area contributed by atoms with Crippen molar-refractivity contribution >= 4 is 29.7 Å². The molecule has 7 nitrogen and oxygen atoms in total. The van der Waals surface area contributed by atoms with E-state index in [4.69, 9.17) is 10.2 Å². The number of carbonyl (C=O) groups excluding carboxylic acids is 1. The van der Waals surface area contributed by atoms with Crippen molar-refractivity contribution in [3.05, 3.63) is 0 Å². The summed E-state index contributed by atoms with van der Waals surface area (Å²) in [6, 6.07) is 0. The zero-order valence-electron chi connectivity index (χ0n) is 9.37. The summed E-state index contributed by atoms with van der Waals surface area (Å²) in [5.74, 6) is -4.06. The highest BCUT2D eigenvalue weighted by Crippen LogP contribution is 2.12. The van der Waals surface area contributed by atoms with Gasteiger partial charge in [0.05, 0.1) is 0 Å². The van der Waals surface area contributed by atoms with E-state index in [1.807, 2.05) is 0 Å². The molecule has 0 aromatic rings. The summed E-state index contributed by atoms with van der Waals surface area (Å²) < 4.78 is 4.45. The summed E-state index contributed by atoms with van der Waals surface area (Å²) >= 11 is 1.22. The number of hydrogen-bond donors (Lipinski definition) is 3. The highest BCUT2D eigenvalue weighted by Gasteiger charge is 2.42. The first-order valence-electron chi connectivity index (χ1n) is 4.70. The number of carboxylic acid groups (broad SMARTS) is 2. The number of ether oxygens (including phenoxy) is 1. The summed E-state index contributed by atoms with van der Waals surface area (Å²) in [6.07, 6.45) is -1.47. The molecule has 0 aromatic carbocycles. The van der Waals surface area contributed by atoms with Crippen LogP contribution in [0.3, 0.4) is 0 Å². The smallest absolute Gasteiger partial charge is 0.350 e. The van der Waals surface area contributed by atoms with Gasteiger partial charge in [-0.25, -0.2) is 14.4 Å². The molecule has 0 amide bonds. The first kappa shape index (κ1) is 15.7. The third-order valence-corrected chi connectivity index (χ3v) is 2.76. The van der Waals surface area contributed by atoms with E-state index < -0.39 is 29.6 Å². The Balaban J connectivity index is 4.61. The average Bonchev–Trinajstić information content (AvgIpc) is 2.22. The topological polar surface area (TPSA) is 121 Å². The third kappa shape index (κ3) is 4.61. The lowest BCUT2D eigenvalue weighted by Crippen LogP contribution is -2.47. The van der Waals surface area contributed by atoms with E-state index in [1.165, 1.54) is 11.8 Å². The Labute approximate surface area is 102 Å². The largest absolute Gasteiger partial charge is 0.479 e. The first-order valence-corrected chi connectivity index (χ1v) is 5.86. The zero-order chi connectivity index (χ0) is 13.6. The Morgan fingerprint density at radius 2 is 1.88 bits per heavy atom. The molecule has 0 saturated carbocycles. The molecule has 0 spiro atoms. The molecule has 0 fully saturated rings. The molecule has 0 aliphatic heterocycles. The lowest BCUT2D eigenvalue weighted by molar-refractivity contribution is -0.184. The molecule has 2 unspecified atom stereocenters. The average molecular weight is 266 g/mol. The minimum absolute atomic E-state index is 0.00667. The highest BCUT2D eigenvalue weighted by atomic mass is 32.2. The van der Waals surface area contributed by atoms with Crippen molar-refractivity contribution in [3.63, 3.8) is 0 Å². The van der Waals surface area contributed by atoms with Gasteiger partial charge in [-0.15, -0.1) is 0 Å². The Morgan fingerprint density at radius 1 is 1.35 bits per heavy atom. The molecule has 8 heteroatoms. The van der Waals surface area contributed by atoms with Crippen molar-refractivity contribution in [1.29, 1.82) is 0 Å². The van der Waals surface area contributed by atoms with E-state index in [-0.39, 0.29) is 5.75 Å². The van der Waals surface area contributed by atoms with Gasteiger partial charge in [-0.2, -0.15) is 11.8 Å². The molecule has 17 heavy (non-hydrogen) atoms. The first-order chi connectivity index (χ1) is 7.73. The van der Waals surface area contributed by atoms with E-state index in [0.717, 1.165) is 6.92 Å². The standard InChI is InChI=1S/C9H14O7S/c1-3-17-4-5(6(10)11)16-8(14)9(2,15)7(12)13/h5,15H,3-4H2,1-2H3,(H,10,11)(H,12,13). The van der Waals surface area contributed by atoms with Gasteiger partial charge in [0.15, 0.2) is 0 Å². The summed E-state index contributed by atoms with van der Waals surface area (Å²) in [4.78, 5) is 32.5. The van der Waals surface area contributed by atoms with Crippen LogP contribution in [0.25, 0.3) is 0 Å². The molecule has 0 aliphatic rings. The van der Waals surface area contributed by atoms with Crippen molar-refractivity contribution in [3.8, 4) is 0 Å². The summed E-state index contributed by atoms with van der Waals surface area (Å²) in [6.45, 7) is 2.52. The molecule has 0 saturated heterocycles. The molecule has 3 N–H and O–H groups in total. The van der Waals surface area contributed by atoms with Crippen molar-refractivity contribution in [2.75, 3.05) is 11.5 Å². The van der Waals surface area contributed by atoms with Crippen LogP contribution in [-0.2, 0) is 19.1 Å². The van der Waals surface area contributed by atoms with Crippen molar-refractivity contribution in [2.24, 2.45) is 0 Å². The molecule has 0 bridgehead atoms. The maximum Gasteiger partial charge on any atom is 0.350 e. The van der Waals surface area contributed by atoms with Crippen LogP contribution in [0.15, 0.2) is 0 Å². The van der Waals surface area contributed by atoms with Crippen molar-refractivity contribution in [1.82, 2.24) is 0 Å². The van der Waals surface area contributed by atoms with E-state index in [0.29, 0.717) is 5.75 Å². The molecule has 0 heterocycles. The van der Waals surface area contributed by atoms with Crippen LogP contribution in [-0.4, -0.2) is 56.4 Å². The molecular formula is C9H14O7S. The fraction of sp³-hybridized carbons (Fsp3) is 0.667. The second kappa shape index (κ2) is 6.45. The molecule has 0 radical (unpaired) electrons. The summed E-state index contributed by atoms with van der Waals surface area (Å²) in [7, 11) is 0. The van der Waals surface area contributed by atoms with E-state index in [9.17, 15) is 19.5 Å². The second-order valence-electron chi connectivity index (χ2n) is 3.27. The number of thioether (sulfide) groups is 1. The van der Waals surface area contributed by atoms with Gasteiger partial charge in [-0.3, -0.25) is 0 Å². The minimum atomic E-state index is -2.75. The Morgan fingerprint density at radius 3 is 2.24 bits per heavy atom. The van der Waals surface area contributed by atoms with E-state index in [1.54, 1.807) is 6.92 Å². The van der Waals surface area contributed by atoms with Crippen LogP contribution in [0, 0.1) is 0 Å². The highest BCUT2D eigenvalue weighted by molar-refractivity contribution is 7.99. The van der Waals surface area contributed by atoms with Crippen LogP contribution in [0.4, 0.5) is 0 Å². The lowest BCUT2D eigenvalue weighted by Gasteiger charge is -2.19. The molecule has 0 rings (SSSR count). The summed E-state index contributed by atoms with van der Waals surface area (Å²) in [5.41, 5.74) is -2.75.